The summed E-state index contributed by atoms with van der Waals surface area (Å²) in [5, 5.41) is 9.90. The quantitative estimate of drug-likeness (QED) is 0.282. The van der Waals surface area contributed by atoms with E-state index in [4.69, 9.17) is 4.74 Å². The van der Waals surface area contributed by atoms with E-state index in [-0.39, 0.29) is 24.8 Å². The van der Waals surface area contributed by atoms with Crippen LogP contribution in [-0.2, 0) is 32.0 Å². The number of hydrazine groups is 1. The summed E-state index contributed by atoms with van der Waals surface area (Å²) < 4.78 is 5.39. The average Bonchev–Trinajstić information content (AvgIpc) is 3.41. The molecule has 1 fully saturated rings. The van der Waals surface area contributed by atoms with E-state index in [0.717, 1.165) is 22.0 Å². The largest absolute Gasteiger partial charge is 0.444 e. The van der Waals surface area contributed by atoms with Crippen LogP contribution in [0.3, 0.4) is 0 Å². The van der Waals surface area contributed by atoms with Gasteiger partial charge in [0, 0.05) is 57.8 Å². The maximum absolute atomic E-state index is 14.6. The predicted octanol–water partition coefficient (Wildman–Crippen LogP) is 4.29. The van der Waals surface area contributed by atoms with Gasteiger partial charge < -0.3 is 25.3 Å². The van der Waals surface area contributed by atoms with Gasteiger partial charge in [-0.3, -0.25) is 19.4 Å². The summed E-state index contributed by atoms with van der Waals surface area (Å²) in [6, 6.07) is 16.7. The number of nitrogens with one attached hydrogen (secondary N) is 3. The molecule has 254 valence electrons. The van der Waals surface area contributed by atoms with E-state index in [9.17, 15) is 19.2 Å². The van der Waals surface area contributed by atoms with Gasteiger partial charge in [-0.25, -0.2) is 9.80 Å². The number of carbonyl (C=O) groups excluding carboxylic acids is 4. The Morgan fingerprint density at radius 1 is 0.979 bits per heavy atom. The third-order valence-electron chi connectivity index (χ3n) is 8.70. The number of hydrogen-bond donors (Lipinski definition) is 3. The van der Waals surface area contributed by atoms with E-state index in [1.807, 2.05) is 74.9 Å². The number of H-pyrrole nitrogens is 1. The SMILES string of the molecule is CN(C)N(C)C(=O)[C@]1(Cc2ccccc2)CCCN(C(=O)[C@H](Cc2c[nH]c3ccccc23)NC(=O)C(C)(C)NC(=O)OC(C)(C)C)C1. The van der Waals surface area contributed by atoms with Crippen molar-refractivity contribution < 1.29 is 23.9 Å². The molecule has 1 aliphatic heterocycles. The van der Waals surface area contributed by atoms with Gasteiger partial charge in [0.2, 0.25) is 17.7 Å². The summed E-state index contributed by atoms with van der Waals surface area (Å²) >= 11 is 0. The first-order valence-electron chi connectivity index (χ1n) is 16.2. The molecule has 0 spiro atoms. The van der Waals surface area contributed by atoms with Crippen molar-refractivity contribution in [2.24, 2.45) is 5.41 Å². The van der Waals surface area contributed by atoms with E-state index in [1.165, 1.54) is 0 Å². The molecule has 1 saturated heterocycles. The van der Waals surface area contributed by atoms with Gasteiger partial charge in [0.25, 0.3) is 0 Å². The second kappa shape index (κ2) is 14.2. The zero-order valence-electron chi connectivity index (χ0n) is 29.0. The highest BCUT2D eigenvalue weighted by atomic mass is 16.6. The topological polar surface area (TPSA) is 127 Å². The van der Waals surface area contributed by atoms with Crippen molar-refractivity contribution in [2.75, 3.05) is 34.2 Å². The number of para-hydroxylation sites is 1. The van der Waals surface area contributed by atoms with Crippen LogP contribution in [0.1, 0.15) is 58.6 Å². The minimum Gasteiger partial charge on any atom is -0.444 e. The molecule has 3 aromatic rings. The average molecular weight is 647 g/mol. The van der Waals surface area contributed by atoms with Crippen LogP contribution < -0.4 is 10.6 Å². The Kier molecular flexibility index (Phi) is 10.7. The third kappa shape index (κ3) is 8.71. The molecule has 0 unspecified atom stereocenters. The second-order valence-electron chi connectivity index (χ2n) is 14.3. The first kappa shape index (κ1) is 35.5. The van der Waals surface area contributed by atoms with Gasteiger partial charge in [-0.05, 0) is 71.1 Å². The van der Waals surface area contributed by atoms with Crippen molar-refractivity contribution >= 4 is 34.7 Å². The van der Waals surface area contributed by atoms with Gasteiger partial charge in [0.1, 0.15) is 17.2 Å². The molecular formula is C36H50N6O5. The monoisotopic (exact) mass is 646 g/mol. The lowest BCUT2D eigenvalue weighted by Crippen LogP contribution is -2.62. The molecule has 0 radical (unpaired) electrons. The van der Waals surface area contributed by atoms with Crippen molar-refractivity contribution in [3.05, 3.63) is 71.9 Å². The van der Waals surface area contributed by atoms with Crippen molar-refractivity contribution in [1.29, 1.82) is 0 Å². The number of benzene rings is 2. The lowest BCUT2D eigenvalue weighted by molar-refractivity contribution is -0.159. The summed E-state index contributed by atoms with van der Waals surface area (Å²) in [6.07, 6.45) is 3.06. The standard InChI is InChI=1S/C36H50N6O5/c1-34(2,3)47-33(46)39-35(4,5)31(44)38-29(21-26-23-37-28-18-13-12-17-27(26)28)30(43)42-20-14-19-36(24-42,32(45)41(8)40(6)7)22-25-15-10-9-11-16-25/h9-13,15-18,23,29,37H,14,19-22,24H2,1-8H3,(H,38,44)(H,39,46)/t29-,36-/m0/s1. The molecule has 1 aromatic heterocycles. The Balaban J connectivity index is 1.65. The molecule has 0 bridgehead atoms. The van der Waals surface area contributed by atoms with Crippen molar-refractivity contribution in [3.63, 3.8) is 0 Å². The van der Waals surface area contributed by atoms with E-state index in [0.29, 0.717) is 25.8 Å². The summed E-state index contributed by atoms with van der Waals surface area (Å²) in [6.45, 7) is 9.03. The molecule has 11 nitrogen and oxygen atoms in total. The molecule has 0 saturated carbocycles. The second-order valence-corrected chi connectivity index (χ2v) is 14.3. The highest BCUT2D eigenvalue weighted by Crippen LogP contribution is 2.36. The number of nitrogens with zero attached hydrogens (tertiary/aromatic N) is 3. The van der Waals surface area contributed by atoms with Gasteiger partial charge >= 0.3 is 6.09 Å². The van der Waals surface area contributed by atoms with E-state index in [2.05, 4.69) is 15.6 Å². The molecule has 4 rings (SSSR count). The Morgan fingerprint density at radius 2 is 1.64 bits per heavy atom. The van der Waals surface area contributed by atoms with Crippen LogP contribution in [0.2, 0.25) is 0 Å². The molecule has 2 aromatic carbocycles. The summed E-state index contributed by atoms with van der Waals surface area (Å²) in [5.74, 6) is -0.879. The van der Waals surface area contributed by atoms with Crippen LogP contribution in [0.4, 0.5) is 4.79 Å². The summed E-state index contributed by atoms with van der Waals surface area (Å²) in [7, 11) is 5.38. The van der Waals surface area contributed by atoms with Gasteiger partial charge in [-0.2, -0.15) is 0 Å². The first-order chi connectivity index (χ1) is 22.0. The van der Waals surface area contributed by atoms with E-state index >= 15 is 0 Å². The number of alkyl carbamates (subject to hydrolysis) is 1. The lowest BCUT2D eigenvalue weighted by atomic mass is 9.74. The fourth-order valence-electron chi connectivity index (χ4n) is 6.12. The highest BCUT2D eigenvalue weighted by molar-refractivity contribution is 5.95. The molecule has 47 heavy (non-hydrogen) atoms. The van der Waals surface area contributed by atoms with Gasteiger partial charge in [0.15, 0.2) is 0 Å². The van der Waals surface area contributed by atoms with Crippen LogP contribution >= 0.6 is 0 Å². The van der Waals surface area contributed by atoms with Crippen LogP contribution in [-0.4, -0.2) is 95.1 Å². The molecule has 2 atom stereocenters. The lowest BCUT2D eigenvalue weighted by Gasteiger charge is -2.45. The Bertz CT molecular complexity index is 1580. The number of hydrogen-bond acceptors (Lipinski definition) is 6. The molecule has 4 amide bonds. The zero-order valence-corrected chi connectivity index (χ0v) is 29.0. The first-order valence-corrected chi connectivity index (χ1v) is 16.2. The van der Waals surface area contributed by atoms with Crippen molar-refractivity contribution in [2.45, 2.75) is 77.5 Å². The van der Waals surface area contributed by atoms with Gasteiger partial charge in [-0.1, -0.05) is 48.5 Å². The highest BCUT2D eigenvalue weighted by Gasteiger charge is 2.46. The van der Waals surface area contributed by atoms with Crippen LogP contribution in [0.25, 0.3) is 10.9 Å². The minimum atomic E-state index is -1.38. The van der Waals surface area contributed by atoms with E-state index < -0.39 is 34.6 Å². The molecular weight excluding hydrogens is 596 g/mol. The zero-order chi connectivity index (χ0) is 34.6. The molecule has 1 aliphatic rings. The number of piperidine rings is 1. The number of aromatic amines is 1. The van der Waals surface area contributed by atoms with Crippen molar-refractivity contribution in [3.8, 4) is 0 Å². The number of ether oxygens (including phenoxy) is 1. The fourth-order valence-corrected chi connectivity index (χ4v) is 6.12. The smallest absolute Gasteiger partial charge is 0.408 e. The van der Waals surface area contributed by atoms with Crippen LogP contribution in [0.15, 0.2) is 60.8 Å². The Labute approximate surface area is 278 Å². The number of fused-ring (bicyclic) bond motifs is 1. The number of amides is 4. The normalized spacial score (nSPS) is 17.7. The molecule has 3 N–H and O–H groups in total. The summed E-state index contributed by atoms with van der Waals surface area (Å²) in [5.41, 5.74) is -0.188. The number of aromatic nitrogens is 1. The van der Waals surface area contributed by atoms with Gasteiger partial charge in [-0.15, -0.1) is 0 Å². The number of carbonyl (C=O) groups is 4. The van der Waals surface area contributed by atoms with Crippen LogP contribution in [0.5, 0.6) is 0 Å². The molecule has 2 heterocycles. The van der Waals surface area contributed by atoms with Crippen molar-refractivity contribution in [1.82, 2.24) is 30.5 Å². The maximum Gasteiger partial charge on any atom is 0.408 e. The van der Waals surface area contributed by atoms with E-state index in [1.54, 1.807) is 56.6 Å². The Morgan fingerprint density at radius 3 is 2.30 bits per heavy atom. The maximum atomic E-state index is 14.6. The molecule has 0 aliphatic carbocycles. The minimum absolute atomic E-state index is 0.0660. The predicted molar refractivity (Wildman–Crippen MR) is 182 cm³/mol. The van der Waals surface area contributed by atoms with Crippen LogP contribution in [0, 0.1) is 5.41 Å². The molecule has 11 heteroatoms. The Hall–Kier alpha value is -4.38. The fraction of sp³-hybridized carbons (Fsp3) is 0.500. The third-order valence-corrected chi connectivity index (χ3v) is 8.70. The number of rotatable bonds is 10. The number of likely N-dealkylation sites (tertiary alicyclic amines) is 1. The van der Waals surface area contributed by atoms with Gasteiger partial charge in [0.05, 0.1) is 5.41 Å². The summed E-state index contributed by atoms with van der Waals surface area (Å²) in [4.78, 5) is 60.0.